The third kappa shape index (κ3) is 2.99. The summed E-state index contributed by atoms with van der Waals surface area (Å²) in [6, 6.07) is 50.1. The van der Waals surface area contributed by atoms with Crippen LogP contribution in [0.15, 0.2) is 140 Å². The third-order valence-electron chi connectivity index (χ3n) is 8.34. The fraction of sp³-hybridized carbons (Fsp3) is 0. The number of nitrogens with zero attached hydrogens (tertiary/aromatic N) is 1. The Kier molecular flexibility index (Phi) is 4.36. The van der Waals surface area contributed by atoms with Gasteiger partial charge in [-0.15, -0.1) is 0 Å². The predicted octanol–water partition coefficient (Wildman–Crippen LogP) is 10.5. The highest BCUT2D eigenvalue weighted by Crippen LogP contribution is 2.48. The van der Waals surface area contributed by atoms with Crippen molar-refractivity contribution in [3.05, 3.63) is 140 Å². The molecule has 8 aromatic rings. The molecule has 0 bridgehead atoms. The lowest BCUT2D eigenvalue weighted by Gasteiger charge is -2.22. The summed E-state index contributed by atoms with van der Waals surface area (Å²) in [4.78, 5) is 0. The average molecular weight is 510 g/mol. The second kappa shape index (κ2) is 8.08. The van der Waals surface area contributed by atoms with E-state index in [1.807, 2.05) is 0 Å². The summed E-state index contributed by atoms with van der Waals surface area (Å²) in [5.41, 5.74) is 8.32. The molecule has 2 heterocycles. The monoisotopic (exact) mass is 509 g/mol. The van der Waals surface area contributed by atoms with Crippen LogP contribution in [-0.4, -0.2) is 4.57 Å². The molecule has 0 amide bonds. The van der Waals surface area contributed by atoms with Gasteiger partial charge in [0.25, 0.3) is 0 Å². The molecular weight excluding hydrogens is 486 g/mol. The van der Waals surface area contributed by atoms with Gasteiger partial charge in [0.2, 0.25) is 0 Å². The van der Waals surface area contributed by atoms with Crippen LogP contribution in [0.4, 0.5) is 0 Å². The molecule has 1 aliphatic heterocycles. The Balaban J connectivity index is 1.37. The molecule has 0 radical (unpaired) electrons. The molecule has 1 aromatic heterocycles. The highest BCUT2D eigenvalue weighted by Gasteiger charge is 2.22. The van der Waals surface area contributed by atoms with E-state index in [-0.39, 0.29) is 0 Å². The molecule has 0 spiro atoms. The molecule has 0 fully saturated rings. The van der Waals surface area contributed by atoms with Crippen LogP contribution in [0.25, 0.3) is 71.3 Å². The van der Waals surface area contributed by atoms with E-state index in [1.54, 1.807) is 0 Å². The van der Waals surface area contributed by atoms with Crippen molar-refractivity contribution in [2.45, 2.75) is 0 Å². The number of benzene rings is 7. The van der Waals surface area contributed by atoms with Crippen LogP contribution in [0.2, 0.25) is 0 Å². The second-order valence-corrected chi connectivity index (χ2v) is 10.6. The Bertz CT molecular complexity index is 2290. The standard InChI is InChI=1S/C38H23NO/c1-2-13-28(14-3-1)39-34-23-26-10-5-4-9-25(26)21-32(34)31-17-8-15-29(38(31)39)27-19-20-35-33(22-27)30-16-6-11-24-12-7-18-36(40-35)37(24)30/h1-23H. The van der Waals surface area contributed by atoms with E-state index in [9.17, 15) is 0 Å². The van der Waals surface area contributed by atoms with E-state index >= 15 is 0 Å². The van der Waals surface area contributed by atoms with Gasteiger partial charge in [-0.05, 0) is 69.8 Å². The van der Waals surface area contributed by atoms with Gasteiger partial charge in [-0.1, -0.05) is 97.1 Å². The maximum absolute atomic E-state index is 6.41. The van der Waals surface area contributed by atoms with Crippen molar-refractivity contribution in [3.8, 4) is 39.4 Å². The van der Waals surface area contributed by atoms with Crippen molar-refractivity contribution < 1.29 is 4.74 Å². The van der Waals surface area contributed by atoms with Gasteiger partial charge in [0.15, 0.2) is 0 Å². The molecule has 0 saturated carbocycles. The predicted molar refractivity (Wildman–Crippen MR) is 167 cm³/mol. The van der Waals surface area contributed by atoms with Gasteiger partial charge in [-0.3, -0.25) is 0 Å². The van der Waals surface area contributed by atoms with E-state index in [0.29, 0.717) is 0 Å². The van der Waals surface area contributed by atoms with Gasteiger partial charge < -0.3 is 9.30 Å². The highest BCUT2D eigenvalue weighted by molar-refractivity contribution is 6.17. The summed E-state index contributed by atoms with van der Waals surface area (Å²) in [5, 5.41) is 7.39. The van der Waals surface area contributed by atoms with Crippen molar-refractivity contribution in [1.82, 2.24) is 4.57 Å². The van der Waals surface area contributed by atoms with E-state index in [4.69, 9.17) is 4.74 Å². The molecule has 186 valence electrons. The fourth-order valence-corrected chi connectivity index (χ4v) is 6.56. The summed E-state index contributed by atoms with van der Waals surface area (Å²) < 4.78 is 8.84. The summed E-state index contributed by atoms with van der Waals surface area (Å²) >= 11 is 0. The molecule has 0 aliphatic carbocycles. The minimum Gasteiger partial charge on any atom is -0.456 e. The first-order chi connectivity index (χ1) is 19.8. The molecule has 0 atom stereocenters. The molecule has 1 aliphatic rings. The molecule has 0 N–H and O–H groups in total. The summed E-state index contributed by atoms with van der Waals surface area (Å²) in [5.74, 6) is 1.82. The van der Waals surface area contributed by atoms with E-state index in [2.05, 4.69) is 144 Å². The lowest BCUT2D eigenvalue weighted by molar-refractivity contribution is 0.487. The van der Waals surface area contributed by atoms with Crippen LogP contribution in [0.3, 0.4) is 0 Å². The molecule has 2 nitrogen and oxygen atoms in total. The molecule has 0 saturated heterocycles. The summed E-state index contributed by atoms with van der Waals surface area (Å²) in [6.45, 7) is 0. The molecule has 7 aromatic carbocycles. The molecule has 40 heavy (non-hydrogen) atoms. The molecule has 9 rings (SSSR count). The summed E-state index contributed by atoms with van der Waals surface area (Å²) in [7, 11) is 0. The Morgan fingerprint density at radius 3 is 2.05 bits per heavy atom. The van der Waals surface area contributed by atoms with Crippen molar-refractivity contribution in [2.24, 2.45) is 0 Å². The van der Waals surface area contributed by atoms with Crippen LogP contribution in [0, 0.1) is 0 Å². The van der Waals surface area contributed by atoms with Crippen LogP contribution >= 0.6 is 0 Å². The number of ether oxygens (including phenoxy) is 1. The number of hydrogen-bond acceptors (Lipinski definition) is 1. The molecule has 2 heteroatoms. The van der Waals surface area contributed by atoms with Crippen molar-refractivity contribution in [1.29, 1.82) is 0 Å². The Hall–Kier alpha value is -5.34. The van der Waals surface area contributed by atoms with Crippen LogP contribution in [-0.2, 0) is 0 Å². The first kappa shape index (κ1) is 21.6. The Labute approximate surface area is 231 Å². The van der Waals surface area contributed by atoms with Gasteiger partial charge in [-0.25, -0.2) is 0 Å². The Morgan fingerprint density at radius 1 is 0.450 bits per heavy atom. The number of aromatic nitrogens is 1. The number of fused-ring (bicyclic) bond motifs is 6. The van der Waals surface area contributed by atoms with Gasteiger partial charge in [0.05, 0.1) is 11.0 Å². The number of hydrogen-bond donors (Lipinski definition) is 0. The van der Waals surface area contributed by atoms with Crippen molar-refractivity contribution in [3.63, 3.8) is 0 Å². The Morgan fingerprint density at radius 2 is 1.18 bits per heavy atom. The minimum atomic E-state index is 0.900. The topological polar surface area (TPSA) is 14.2 Å². The van der Waals surface area contributed by atoms with E-state index < -0.39 is 0 Å². The quantitative estimate of drug-likeness (QED) is 0.226. The van der Waals surface area contributed by atoms with Crippen LogP contribution in [0.5, 0.6) is 11.5 Å². The fourth-order valence-electron chi connectivity index (χ4n) is 6.56. The summed E-state index contributed by atoms with van der Waals surface area (Å²) in [6.07, 6.45) is 0. The van der Waals surface area contributed by atoms with Crippen LogP contribution in [0.1, 0.15) is 0 Å². The van der Waals surface area contributed by atoms with Gasteiger partial charge in [0, 0.05) is 33.0 Å². The third-order valence-corrected chi connectivity index (χ3v) is 8.34. The van der Waals surface area contributed by atoms with Crippen LogP contribution < -0.4 is 4.74 Å². The first-order valence-electron chi connectivity index (χ1n) is 13.7. The maximum atomic E-state index is 6.41. The number of rotatable bonds is 2. The smallest absolute Gasteiger partial charge is 0.135 e. The SMILES string of the molecule is c1ccc(-n2c3cc4ccccc4cc3c3cccc(-c4ccc5c(c4)-c4cccc6cccc(c46)O5)c32)cc1. The van der Waals surface area contributed by atoms with Gasteiger partial charge >= 0.3 is 0 Å². The van der Waals surface area contributed by atoms with Crippen molar-refractivity contribution >= 4 is 43.4 Å². The van der Waals surface area contributed by atoms with E-state index in [1.165, 1.54) is 60.0 Å². The zero-order valence-corrected chi connectivity index (χ0v) is 21.6. The highest BCUT2D eigenvalue weighted by atomic mass is 16.5. The lowest BCUT2D eigenvalue weighted by atomic mass is 9.92. The zero-order valence-electron chi connectivity index (χ0n) is 21.6. The largest absolute Gasteiger partial charge is 0.456 e. The normalized spacial score (nSPS) is 12.2. The molecule has 0 unspecified atom stereocenters. The van der Waals surface area contributed by atoms with Gasteiger partial charge in [0.1, 0.15) is 11.5 Å². The van der Waals surface area contributed by atoms with E-state index in [0.717, 1.165) is 22.7 Å². The number of para-hydroxylation sites is 2. The second-order valence-electron chi connectivity index (χ2n) is 10.6. The first-order valence-corrected chi connectivity index (χ1v) is 13.7. The van der Waals surface area contributed by atoms with Gasteiger partial charge in [-0.2, -0.15) is 0 Å². The minimum absolute atomic E-state index is 0.900. The molecular formula is C38H23NO. The lowest BCUT2D eigenvalue weighted by Crippen LogP contribution is -1.98. The maximum Gasteiger partial charge on any atom is 0.135 e. The zero-order chi connectivity index (χ0) is 26.2. The van der Waals surface area contributed by atoms with Crippen molar-refractivity contribution in [2.75, 3.05) is 0 Å². The average Bonchev–Trinajstić information content (AvgIpc) is 3.34.